The summed E-state index contributed by atoms with van der Waals surface area (Å²) >= 11 is 1.54. The lowest BCUT2D eigenvalue weighted by molar-refractivity contribution is -0.133. The molecule has 1 saturated heterocycles. The fourth-order valence-corrected chi connectivity index (χ4v) is 6.21. The number of rotatable bonds is 15. The maximum absolute atomic E-state index is 12.9. The largest absolute Gasteiger partial charge is 0.356 e. The Morgan fingerprint density at radius 1 is 0.978 bits per heavy atom. The van der Waals surface area contributed by atoms with Gasteiger partial charge >= 0.3 is 0 Å². The molecule has 46 heavy (non-hydrogen) atoms. The van der Waals surface area contributed by atoms with Gasteiger partial charge in [0.25, 0.3) is 5.91 Å². The van der Waals surface area contributed by atoms with Crippen molar-refractivity contribution in [3.63, 3.8) is 0 Å². The topological polar surface area (TPSA) is 115 Å². The highest BCUT2D eigenvalue weighted by molar-refractivity contribution is 7.16. The summed E-state index contributed by atoms with van der Waals surface area (Å²) in [6.07, 6.45) is 8.57. The second-order valence-electron chi connectivity index (χ2n) is 11.6. The summed E-state index contributed by atoms with van der Waals surface area (Å²) < 4.78 is 0. The Labute approximate surface area is 275 Å². The van der Waals surface area contributed by atoms with Crippen molar-refractivity contribution in [2.24, 2.45) is 0 Å². The summed E-state index contributed by atoms with van der Waals surface area (Å²) in [4.78, 5) is 61.2. The third kappa shape index (κ3) is 10.1. The summed E-state index contributed by atoms with van der Waals surface area (Å²) in [5, 5.41) is 6.85. The van der Waals surface area contributed by atoms with Gasteiger partial charge in [0.15, 0.2) is 0 Å². The second-order valence-corrected chi connectivity index (χ2v) is 12.7. The number of thiophene rings is 1. The zero-order valence-corrected chi connectivity index (χ0v) is 27.8. The minimum atomic E-state index is -0.141. The minimum absolute atomic E-state index is 0.0103. The quantitative estimate of drug-likeness (QED) is 0.191. The van der Waals surface area contributed by atoms with E-state index < -0.39 is 0 Å². The third-order valence-corrected chi connectivity index (χ3v) is 8.84. The van der Waals surface area contributed by atoms with E-state index in [9.17, 15) is 19.2 Å². The van der Waals surface area contributed by atoms with E-state index in [2.05, 4.69) is 15.6 Å². The number of amides is 4. The summed E-state index contributed by atoms with van der Waals surface area (Å²) in [6, 6.07) is 15.3. The molecule has 0 aliphatic carbocycles. The average molecular weight is 645 g/mol. The van der Waals surface area contributed by atoms with Crippen LogP contribution in [0.4, 0.5) is 5.00 Å². The molecule has 3 aromatic rings. The van der Waals surface area contributed by atoms with Gasteiger partial charge in [-0.1, -0.05) is 36.8 Å². The van der Waals surface area contributed by atoms with Gasteiger partial charge in [-0.15, -0.1) is 11.3 Å². The number of aryl methyl sites for hydroxylation is 1. The van der Waals surface area contributed by atoms with Crippen molar-refractivity contribution in [3.05, 3.63) is 82.9 Å². The molecule has 1 aliphatic heterocycles. The van der Waals surface area contributed by atoms with Crippen LogP contribution in [-0.2, 0) is 20.8 Å². The van der Waals surface area contributed by atoms with Crippen molar-refractivity contribution in [2.45, 2.75) is 39.0 Å². The number of pyridine rings is 1. The van der Waals surface area contributed by atoms with Gasteiger partial charge in [0.05, 0.1) is 10.7 Å². The SMILES string of the molecule is Cc1cccnc1-c1ccccc1C(=O)NCCCCCC(=O)NCCc1ccc(N2CCN(C(=O)C=CCN(C)C)CC2=O)s1. The lowest BCUT2D eigenvalue weighted by Gasteiger charge is -2.33. The van der Waals surface area contributed by atoms with Crippen molar-refractivity contribution < 1.29 is 19.2 Å². The third-order valence-electron chi connectivity index (χ3n) is 7.67. The van der Waals surface area contributed by atoms with E-state index in [0.29, 0.717) is 51.1 Å². The minimum Gasteiger partial charge on any atom is -0.356 e. The molecule has 0 unspecified atom stereocenters. The highest BCUT2D eigenvalue weighted by Crippen LogP contribution is 2.28. The maximum Gasteiger partial charge on any atom is 0.251 e. The summed E-state index contributed by atoms with van der Waals surface area (Å²) in [5.41, 5.74) is 3.24. The first-order chi connectivity index (χ1) is 22.2. The fraction of sp³-hybridized carbons (Fsp3) is 0.400. The van der Waals surface area contributed by atoms with Crippen LogP contribution in [-0.4, -0.2) is 91.8 Å². The summed E-state index contributed by atoms with van der Waals surface area (Å²) in [5.74, 6) is -0.347. The number of hydrogen-bond acceptors (Lipinski definition) is 7. The predicted molar refractivity (Wildman–Crippen MR) is 183 cm³/mol. The predicted octanol–water partition coefficient (Wildman–Crippen LogP) is 4.06. The van der Waals surface area contributed by atoms with Crippen LogP contribution in [0.3, 0.4) is 0 Å². The van der Waals surface area contributed by atoms with Gasteiger partial charge in [-0.2, -0.15) is 0 Å². The second kappa shape index (κ2) is 17.4. The van der Waals surface area contributed by atoms with Gasteiger partial charge in [0, 0.05) is 67.4 Å². The molecule has 4 amide bonds. The molecular weight excluding hydrogens is 600 g/mol. The monoisotopic (exact) mass is 644 g/mol. The number of carbonyl (C=O) groups is 4. The molecule has 4 rings (SSSR count). The van der Waals surface area contributed by atoms with E-state index in [1.54, 1.807) is 33.4 Å². The van der Waals surface area contributed by atoms with Crippen LogP contribution in [0.2, 0.25) is 0 Å². The molecule has 2 N–H and O–H groups in total. The molecule has 0 radical (unpaired) electrons. The highest BCUT2D eigenvalue weighted by atomic mass is 32.1. The van der Waals surface area contributed by atoms with Crippen LogP contribution >= 0.6 is 11.3 Å². The van der Waals surface area contributed by atoms with E-state index >= 15 is 0 Å². The Morgan fingerprint density at radius 3 is 2.59 bits per heavy atom. The van der Waals surface area contributed by atoms with Crippen molar-refractivity contribution in [1.29, 1.82) is 0 Å². The number of likely N-dealkylation sites (N-methyl/N-ethyl adjacent to an activating group) is 1. The molecule has 0 spiro atoms. The number of aromatic nitrogens is 1. The van der Waals surface area contributed by atoms with Gasteiger partial charge < -0.3 is 25.3 Å². The number of hydrogen-bond donors (Lipinski definition) is 2. The molecule has 2 aromatic heterocycles. The van der Waals surface area contributed by atoms with Crippen LogP contribution < -0.4 is 15.5 Å². The first-order valence-corrected chi connectivity index (χ1v) is 16.6. The van der Waals surface area contributed by atoms with Gasteiger partial charge in [0.1, 0.15) is 6.54 Å². The number of unbranched alkanes of at least 4 members (excludes halogenated alkanes) is 2. The molecule has 1 aliphatic rings. The van der Waals surface area contributed by atoms with E-state index in [1.807, 2.05) is 74.4 Å². The molecule has 0 saturated carbocycles. The number of anilines is 1. The molecule has 1 aromatic carbocycles. The molecule has 1 fully saturated rings. The van der Waals surface area contributed by atoms with Crippen LogP contribution in [0.25, 0.3) is 11.3 Å². The van der Waals surface area contributed by atoms with Crippen LogP contribution in [0.5, 0.6) is 0 Å². The lowest BCUT2D eigenvalue weighted by atomic mass is 10.0. The van der Waals surface area contributed by atoms with E-state index in [4.69, 9.17) is 0 Å². The Bertz CT molecular complexity index is 1530. The molecule has 3 heterocycles. The summed E-state index contributed by atoms with van der Waals surface area (Å²) in [6.45, 7) is 4.75. The highest BCUT2D eigenvalue weighted by Gasteiger charge is 2.28. The average Bonchev–Trinajstić information content (AvgIpc) is 3.51. The van der Waals surface area contributed by atoms with Gasteiger partial charge in [-0.05, 0) is 70.1 Å². The molecular formula is C35H44N6O4S. The Balaban J connectivity index is 1.10. The number of benzene rings is 1. The van der Waals surface area contributed by atoms with E-state index in [1.165, 1.54) is 6.08 Å². The molecule has 0 atom stereocenters. The van der Waals surface area contributed by atoms with E-state index in [0.717, 1.165) is 46.0 Å². The first-order valence-electron chi connectivity index (χ1n) is 15.8. The van der Waals surface area contributed by atoms with Gasteiger partial charge in [0.2, 0.25) is 17.7 Å². The Hall–Kier alpha value is -4.35. The standard InChI is InChI=1S/C35H44N6O4S/c1-26-11-9-20-37-34(26)28-12-6-7-13-29(28)35(45)38-19-8-4-5-14-30(42)36-21-18-27-16-17-33(46-27)41-24-23-40(25-32(41)44)31(43)15-10-22-39(2)3/h6-7,9-13,15-17,20H,4-5,8,14,18-19,21-25H2,1-3H3,(H,36,42)(H,38,45). The van der Waals surface area contributed by atoms with Crippen LogP contribution in [0, 0.1) is 6.92 Å². The fourth-order valence-electron chi connectivity index (χ4n) is 5.16. The zero-order chi connectivity index (χ0) is 32.9. The van der Waals surface area contributed by atoms with Crippen LogP contribution in [0.15, 0.2) is 66.9 Å². The smallest absolute Gasteiger partial charge is 0.251 e. The van der Waals surface area contributed by atoms with Crippen molar-refractivity contribution in [1.82, 2.24) is 25.4 Å². The Morgan fingerprint density at radius 2 is 1.80 bits per heavy atom. The normalized spacial score (nSPS) is 13.4. The Kier molecular flexibility index (Phi) is 13.0. The van der Waals surface area contributed by atoms with Gasteiger partial charge in [-0.25, -0.2) is 0 Å². The number of piperazine rings is 1. The van der Waals surface area contributed by atoms with Gasteiger partial charge in [-0.3, -0.25) is 24.2 Å². The number of nitrogens with zero attached hydrogens (tertiary/aromatic N) is 4. The van der Waals surface area contributed by atoms with Crippen molar-refractivity contribution in [3.8, 4) is 11.3 Å². The summed E-state index contributed by atoms with van der Waals surface area (Å²) in [7, 11) is 3.86. The van der Waals surface area contributed by atoms with Crippen LogP contribution in [0.1, 0.15) is 46.5 Å². The lowest BCUT2D eigenvalue weighted by Crippen LogP contribution is -2.51. The molecule has 10 nitrogen and oxygen atoms in total. The zero-order valence-electron chi connectivity index (χ0n) is 27.0. The van der Waals surface area contributed by atoms with Crippen molar-refractivity contribution >= 4 is 40.0 Å². The first kappa shape index (κ1) is 34.5. The molecule has 244 valence electrons. The maximum atomic E-state index is 12.9. The molecule has 11 heteroatoms. The van der Waals surface area contributed by atoms with Crippen molar-refractivity contribution in [2.75, 3.05) is 58.3 Å². The number of carbonyl (C=O) groups excluding carboxylic acids is 4. The molecule has 0 bridgehead atoms. The number of nitrogens with one attached hydrogen (secondary N) is 2. The van der Waals surface area contributed by atoms with E-state index in [-0.39, 0.29) is 30.2 Å².